The van der Waals surface area contributed by atoms with Crippen molar-refractivity contribution in [1.82, 2.24) is 25.1 Å². The van der Waals surface area contributed by atoms with E-state index in [9.17, 15) is 4.79 Å². The third-order valence-corrected chi connectivity index (χ3v) is 5.72. The monoisotopic (exact) mass is 362 g/mol. The maximum atomic E-state index is 11.6. The molecule has 2 N–H and O–H groups in total. The van der Waals surface area contributed by atoms with E-state index in [1.54, 1.807) is 4.90 Å². The highest BCUT2D eigenvalue weighted by atomic mass is 16.2. The van der Waals surface area contributed by atoms with Crippen molar-refractivity contribution >= 4 is 22.5 Å². The minimum atomic E-state index is -0.00238. The second-order valence-corrected chi connectivity index (χ2v) is 7.43. The number of imidazole rings is 1. The first-order valence-corrected chi connectivity index (χ1v) is 9.30. The molecular weight excluding hydrogens is 340 g/mol. The number of fused-ring (bicyclic) bond motifs is 2. The number of benzene rings is 1. The van der Waals surface area contributed by atoms with Gasteiger partial charge < -0.3 is 14.8 Å². The Morgan fingerprint density at radius 1 is 1.37 bits per heavy atom. The molecule has 0 bridgehead atoms. The average Bonchev–Trinajstić information content (AvgIpc) is 3.25. The van der Waals surface area contributed by atoms with Gasteiger partial charge >= 0.3 is 0 Å². The number of rotatable bonds is 3. The van der Waals surface area contributed by atoms with Crippen LogP contribution in [0.5, 0.6) is 0 Å². The van der Waals surface area contributed by atoms with Crippen LogP contribution in [0.4, 0.5) is 5.69 Å². The number of likely N-dealkylation sites (tertiary alicyclic amines) is 1. The summed E-state index contributed by atoms with van der Waals surface area (Å²) in [6, 6.07) is 4.22. The molecule has 0 radical (unpaired) electrons. The predicted octanol–water partition coefficient (Wildman–Crippen LogP) is 2.27. The topological polar surface area (TPSA) is 80.9 Å². The van der Waals surface area contributed by atoms with Crippen LogP contribution in [-0.4, -0.2) is 50.6 Å². The zero-order valence-electron chi connectivity index (χ0n) is 15.3. The molecule has 7 heteroatoms. The lowest BCUT2D eigenvalue weighted by atomic mass is 9.99. The van der Waals surface area contributed by atoms with E-state index < -0.39 is 0 Å². The summed E-state index contributed by atoms with van der Waals surface area (Å²) in [5.74, 6) is 1.30. The van der Waals surface area contributed by atoms with Crippen LogP contribution in [0.25, 0.3) is 10.9 Å². The SMILES string of the molecule is C=CC(=O)N1CC(c2nc3c([nH]2)CN(c2c(C)ccc4[nH]ncc24)CC3)C1. The van der Waals surface area contributed by atoms with E-state index in [4.69, 9.17) is 4.98 Å². The van der Waals surface area contributed by atoms with Gasteiger partial charge in [-0.25, -0.2) is 4.98 Å². The van der Waals surface area contributed by atoms with Crippen molar-refractivity contribution in [3.63, 3.8) is 0 Å². The first-order valence-electron chi connectivity index (χ1n) is 9.30. The maximum absolute atomic E-state index is 11.6. The molecular formula is C20H22N6O. The normalized spacial score (nSPS) is 17.1. The van der Waals surface area contributed by atoms with E-state index >= 15 is 0 Å². The molecule has 2 aromatic heterocycles. The fourth-order valence-electron chi connectivity index (χ4n) is 4.19. The van der Waals surface area contributed by atoms with Gasteiger partial charge in [0.05, 0.1) is 41.3 Å². The summed E-state index contributed by atoms with van der Waals surface area (Å²) < 4.78 is 0. The molecule has 5 rings (SSSR count). The summed E-state index contributed by atoms with van der Waals surface area (Å²) in [5.41, 5.74) is 5.91. The van der Waals surface area contributed by atoms with Crippen LogP contribution in [0.3, 0.4) is 0 Å². The van der Waals surface area contributed by atoms with Crippen molar-refractivity contribution in [3.8, 4) is 0 Å². The quantitative estimate of drug-likeness (QED) is 0.701. The lowest BCUT2D eigenvalue weighted by Crippen LogP contribution is -2.48. The Balaban J connectivity index is 1.38. The molecule has 1 saturated heterocycles. The number of H-pyrrole nitrogens is 2. The number of anilines is 1. The van der Waals surface area contributed by atoms with Gasteiger partial charge in [0.25, 0.3) is 0 Å². The second-order valence-electron chi connectivity index (χ2n) is 7.43. The molecule has 0 unspecified atom stereocenters. The number of aromatic amines is 2. The predicted molar refractivity (Wildman–Crippen MR) is 104 cm³/mol. The third kappa shape index (κ3) is 2.53. The number of hydrogen-bond donors (Lipinski definition) is 2. The first-order chi connectivity index (χ1) is 13.1. The van der Waals surface area contributed by atoms with E-state index in [-0.39, 0.29) is 5.91 Å². The summed E-state index contributed by atoms with van der Waals surface area (Å²) in [4.78, 5) is 24.2. The smallest absolute Gasteiger partial charge is 0.246 e. The van der Waals surface area contributed by atoms with Crippen molar-refractivity contribution in [2.75, 3.05) is 24.5 Å². The van der Waals surface area contributed by atoms with Crippen molar-refractivity contribution in [3.05, 3.63) is 53.8 Å². The third-order valence-electron chi connectivity index (χ3n) is 5.72. The van der Waals surface area contributed by atoms with Gasteiger partial charge in [-0.05, 0) is 24.6 Å². The molecule has 3 aromatic rings. The van der Waals surface area contributed by atoms with E-state index in [1.807, 2.05) is 6.20 Å². The number of nitrogens with one attached hydrogen (secondary N) is 2. The van der Waals surface area contributed by atoms with Gasteiger partial charge in [-0.2, -0.15) is 5.10 Å². The van der Waals surface area contributed by atoms with E-state index in [1.165, 1.54) is 23.0 Å². The van der Waals surface area contributed by atoms with Gasteiger partial charge in [0.15, 0.2) is 0 Å². The highest BCUT2D eigenvalue weighted by Gasteiger charge is 2.34. The first kappa shape index (κ1) is 16.1. The van der Waals surface area contributed by atoms with Gasteiger partial charge in [0.1, 0.15) is 5.82 Å². The van der Waals surface area contributed by atoms with Crippen LogP contribution < -0.4 is 4.90 Å². The number of nitrogens with zero attached hydrogens (tertiary/aromatic N) is 4. The van der Waals surface area contributed by atoms with Crippen LogP contribution in [0.1, 0.15) is 28.7 Å². The summed E-state index contributed by atoms with van der Waals surface area (Å²) in [6.45, 7) is 8.88. The Kier molecular flexibility index (Phi) is 3.56. The zero-order chi connectivity index (χ0) is 18.5. The lowest BCUT2D eigenvalue weighted by Gasteiger charge is -2.37. The standard InChI is InChI=1S/C20H22N6O/c1-3-18(27)26-9-13(10-26)20-22-16-6-7-25(11-17(16)23-20)19-12(2)4-5-15-14(19)8-21-24-15/h3-5,8,13H,1,6-7,9-11H2,2H3,(H,21,24)(H,22,23). The molecule has 0 atom stereocenters. The minimum Gasteiger partial charge on any atom is -0.364 e. The number of hydrogen-bond acceptors (Lipinski definition) is 4. The number of carbonyl (C=O) groups excluding carboxylic acids is 1. The Bertz CT molecular complexity index is 1040. The Labute approximate surface area is 157 Å². The molecule has 0 aliphatic carbocycles. The fourth-order valence-corrected chi connectivity index (χ4v) is 4.19. The number of amides is 1. The molecule has 2 aliphatic rings. The summed E-state index contributed by atoms with van der Waals surface area (Å²) in [5, 5.41) is 8.43. The van der Waals surface area contributed by atoms with Gasteiger partial charge in [0, 0.05) is 31.4 Å². The molecule has 4 heterocycles. The average molecular weight is 362 g/mol. The summed E-state index contributed by atoms with van der Waals surface area (Å²) in [6.07, 6.45) is 4.20. The molecule has 1 amide bonds. The van der Waals surface area contributed by atoms with E-state index in [0.717, 1.165) is 41.9 Å². The van der Waals surface area contributed by atoms with Crippen LogP contribution in [0.2, 0.25) is 0 Å². The van der Waals surface area contributed by atoms with Crippen LogP contribution in [0.15, 0.2) is 31.0 Å². The number of aryl methyl sites for hydroxylation is 1. The van der Waals surface area contributed by atoms with Gasteiger partial charge in [-0.15, -0.1) is 0 Å². The molecule has 138 valence electrons. The Morgan fingerprint density at radius 3 is 3.04 bits per heavy atom. The number of carbonyl (C=O) groups is 1. The van der Waals surface area contributed by atoms with Crippen LogP contribution >= 0.6 is 0 Å². The van der Waals surface area contributed by atoms with Gasteiger partial charge in [0.2, 0.25) is 5.91 Å². The molecule has 0 saturated carbocycles. The van der Waals surface area contributed by atoms with Crippen LogP contribution in [-0.2, 0) is 17.8 Å². The van der Waals surface area contributed by atoms with Crippen LogP contribution in [0, 0.1) is 6.92 Å². The molecule has 7 nitrogen and oxygen atoms in total. The highest BCUT2D eigenvalue weighted by Crippen LogP contribution is 2.34. The van der Waals surface area contributed by atoms with E-state index in [0.29, 0.717) is 19.0 Å². The fraction of sp³-hybridized carbons (Fsp3) is 0.350. The van der Waals surface area contributed by atoms with Crippen molar-refractivity contribution in [2.24, 2.45) is 0 Å². The summed E-state index contributed by atoms with van der Waals surface area (Å²) >= 11 is 0. The minimum absolute atomic E-state index is 0.00238. The molecule has 1 aromatic carbocycles. The zero-order valence-corrected chi connectivity index (χ0v) is 15.3. The molecule has 2 aliphatic heterocycles. The Hall–Kier alpha value is -3.09. The largest absolute Gasteiger partial charge is 0.364 e. The summed E-state index contributed by atoms with van der Waals surface area (Å²) in [7, 11) is 0. The van der Waals surface area contributed by atoms with Gasteiger partial charge in [-0.1, -0.05) is 12.6 Å². The lowest BCUT2D eigenvalue weighted by molar-refractivity contribution is -0.130. The Morgan fingerprint density at radius 2 is 2.22 bits per heavy atom. The molecule has 1 fully saturated rings. The van der Waals surface area contributed by atoms with Crippen molar-refractivity contribution in [2.45, 2.75) is 25.8 Å². The molecule has 0 spiro atoms. The van der Waals surface area contributed by atoms with Gasteiger partial charge in [-0.3, -0.25) is 9.89 Å². The molecule has 27 heavy (non-hydrogen) atoms. The maximum Gasteiger partial charge on any atom is 0.246 e. The second kappa shape index (κ2) is 5.97. The van der Waals surface area contributed by atoms with Crippen molar-refractivity contribution in [1.29, 1.82) is 0 Å². The van der Waals surface area contributed by atoms with E-state index in [2.05, 4.69) is 45.7 Å². The highest BCUT2D eigenvalue weighted by molar-refractivity contribution is 5.93. The number of aromatic nitrogens is 4. The van der Waals surface area contributed by atoms with Crippen molar-refractivity contribution < 1.29 is 4.79 Å².